The van der Waals surface area contributed by atoms with Crippen molar-refractivity contribution in [2.45, 2.75) is 20.8 Å². The molecule has 0 saturated carbocycles. The average Bonchev–Trinajstić information content (AvgIpc) is 2.66. The summed E-state index contributed by atoms with van der Waals surface area (Å²) < 4.78 is 17.2. The molecule has 0 unspecified atom stereocenters. The van der Waals surface area contributed by atoms with Crippen molar-refractivity contribution < 1.29 is 19.0 Å². The maximum Gasteiger partial charge on any atom is 0.137 e. The van der Waals surface area contributed by atoms with E-state index in [4.69, 9.17) is 14.2 Å². The SMILES string of the molecule is C/C=C/COc1cc(C)c(OCCOc2ccc(/C=N/OC)nc2)c(C)c1. The molecule has 6 heteroatoms. The largest absolute Gasteiger partial charge is 0.490 e. The van der Waals surface area contributed by atoms with Gasteiger partial charge in [-0.25, -0.2) is 0 Å². The highest BCUT2D eigenvalue weighted by atomic mass is 16.6. The summed E-state index contributed by atoms with van der Waals surface area (Å²) >= 11 is 0. The smallest absolute Gasteiger partial charge is 0.137 e. The van der Waals surface area contributed by atoms with Crippen LogP contribution in [-0.4, -0.2) is 38.1 Å². The first-order valence-electron chi connectivity index (χ1n) is 8.77. The van der Waals surface area contributed by atoms with Crippen molar-refractivity contribution in [1.82, 2.24) is 4.98 Å². The molecule has 0 fully saturated rings. The van der Waals surface area contributed by atoms with Crippen LogP contribution in [0.4, 0.5) is 0 Å². The van der Waals surface area contributed by atoms with E-state index in [1.54, 1.807) is 12.3 Å². The van der Waals surface area contributed by atoms with Crippen molar-refractivity contribution in [2.75, 3.05) is 26.9 Å². The van der Waals surface area contributed by atoms with Gasteiger partial charge in [0.1, 0.15) is 44.2 Å². The lowest BCUT2D eigenvalue weighted by atomic mass is 10.1. The highest BCUT2D eigenvalue weighted by Gasteiger charge is 2.07. The zero-order valence-electron chi connectivity index (χ0n) is 16.3. The Hall–Kier alpha value is -3.02. The predicted octanol–water partition coefficient (Wildman–Crippen LogP) is 4.09. The van der Waals surface area contributed by atoms with Gasteiger partial charge < -0.3 is 19.0 Å². The Kier molecular flexibility index (Phi) is 8.16. The van der Waals surface area contributed by atoms with Crippen molar-refractivity contribution in [3.8, 4) is 17.2 Å². The third kappa shape index (κ3) is 6.66. The summed E-state index contributed by atoms with van der Waals surface area (Å²) in [5, 5.41) is 3.66. The van der Waals surface area contributed by atoms with Crippen molar-refractivity contribution >= 4 is 6.21 Å². The number of hydrogen-bond donors (Lipinski definition) is 0. The number of aryl methyl sites for hydroxylation is 2. The molecule has 0 atom stereocenters. The highest BCUT2D eigenvalue weighted by molar-refractivity contribution is 5.76. The van der Waals surface area contributed by atoms with Crippen molar-refractivity contribution in [3.63, 3.8) is 0 Å². The van der Waals surface area contributed by atoms with Gasteiger partial charge in [0, 0.05) is 0 Å². The molecule has 0 aliphatic rings. The summed E-state index contributed by atoms with van der Waals surface area (Å²) in [6, 6.07) is 7.60. The number of nitrogens with zero attached hydrogens (tertiary/aromatic N) is 2. The third-order valence-corrected chi connectivity index (χ3v) is 3.66. The third-order valence-electron chi connectivity index (χ3n) is 3.66. The average molecular weight is 370 g/mol. The molecular formula is C21H26N2O4. The molecule has 1 aromatic heterocycles. The van der Waals surface area contributed by atoms with E-state index in [9.17, 15) is 0 Å². The number of benzene rings is 1. The Morgan fingerprint density at radius 1 is 1.00 bits per heavy atom. The Morgan fingerprint density at radius 2 is 1.74 bits per heavy atom. The Balaban J connectivity index is 1.83. The Labute approximate surface area is 160 Å². The van der Waals surface area contributed by atoms with E-state index in [-0.39, 0.29) is 0 Å². The van der Waals surface area contributed by atoms with Gasteiger partial charge in [0.05, 0.1) is 18.1 Å². The zero-order chi connectivity index (χ0) is 19.5. The lowest BCUT2D eigenvalue weighted by Gasteiger charge is -2.14. The second-order valence-electron chi connectivity index (χ2n) is 5.80. The normalized spacial score (nSPS) is 11.1. The molecule has 2 aromatic rings. The molecule has 0 radical (unpaired) electrons. The van der Waals surface area contributed by atoms with Crippen LogP contribution in [0.3, 0.4) is 0 Å². The molecule has 1 aromatic carbocycles. The molecule has 0 aliphatic heterocycles. The summed E-state index contributed by atoms with van der Waals surface area (Å²) in [4.78, 5) is 8.83. The van der Waals surface area contributed by atoms with Crippen LogP contribution in [-0.2, 0) is 4.84 Å². The molecular weight excluding hydrogens is 344 g/mol. The molecule has 2 rings (SSSR count). The van der Waals surface area contributed by atoms with Gasteiger partial charge >= 0.3 is 0 Å². The number of allylic oxidation sites excluding steroid dienone is 1. The van der Waals surface area contributed by atoms with Crippen LogP contribution in [0, 0.1) is 13.8 Å². The van der Waals surface area contributed by atoms with Crippen LogP contribution in [0.25, 0.3) is 0 Å². The molecule has 144 valence electrons. The molecule has 27 heavy (non-hydrogen) atoms. The van der Waals surface area contributed by atoms with E-state index in [0.717, 1.165) is 22.6 Å². The Morgan fingerprint density at radius 3 is 2.37 bits per heavy atom. The molecule has 0 N–H and O–H groups in total. The van der Waals surface area contributed by atoms with Gasteiger partial charge in [-0.15, -0.1) is 0 Å². The summed E-state index contributed by atoms with van der Waals surface area (Å²) in [5.41, 5.74) is 2.77. The number of pyridine rings is 1. The second-order valence-corrected chi connectivity index (χ2v) is 5.80. The van der Waals surface area contributed by atoms with E-state index in [1.807, 2.05) is 51.1 Å². The Bertz CT molecular complexity index is 747. The summed E-state index contributed by atoms with van der Waals surface area (Å²) in [6.07, 6.45) is 7.11. The quantitative estimate of drug-likeness (QED) is 0.273. The maximum atomic E-state index is 5.89. The molecule has 0 amide bonds. The second kappa shape index (κ2) is 10.9. The number of rotatable bonds is 10. The lowest BCUT2D eigenvalue weighted by Crippen LogP contribution is -2.10. The first-order valence-corrected chi connectivity index (χ1v) is 8.77. The monoisotopic (exact) mass is 370 g/mol. The predicted molar refractivity (Wildman–Crippen MR) is 106 cm³/mol. The molecule has 0 spiro atoms. The van der Waals surface area contributed by atoms with E-state index >= 15 is 0 Å². The van der Waals surface area contributed by atoms with Gasteiger partial charge in [0.25, 0.3) is 0 Å². The summed E-state index contributed by atoms with van der Waals surface area (Å²) in [7, 11) is 1.49. The standard InChI is InChI=1S/C21H26N2O4/c1-5-6-9-25-20-12-16(2)21(17(3)13-20)27-11-10-26-19-8-7-18(22-15-19)14-23-24-4/h5-8,12-15H,9-11H2,1-4H3/b6-5+,23-14+. The van der Waals surface area contributed by atoms with E-state index in [2.05, 4.69) is 15.0 Å². The van der Waals surface area contributed by atoms with Crippen LogP contribution in [0.1, 0.15) is 23.7 Å². The first-order chi connectivity index (χ1) is 13.1. The minimum absolute atomic E-state index is 0.422. The van der Waals surface area contributed by atoms with E-state index in [0.29, 0.717) is 31.3 Å². The first kappa shape index (κ1) is 20.3. The number of aromatic nitrogens is 1. The lowest BCUT2D eigenvalue weighted by molar-refractivity contribution is 0.214. The van der Waals surface area contributed by atoms with Gasteiger partial charge in [-0.05, 0) is 56.2 Å². The van der Waals surface area contributed by atoms with Crippen LogP contribution in [0.5, 0.6) is 17.2 Å². The maximum absolute atomic E-state index is 5.89. The minimum atomic E-state index is 0.422. The van der Waals surface area contributed by atoms with Gasteiger partial charge in [-0.1, -0.05) is 17.3 Å². The van der Waals surface area contributed by atoms with E-state index in [1.165, 1.54) is 13.3 Å². The fourth-order valence-electron chi connectivity index (χ4n) is 2.43. The molecule has 1 heterocycles. The number of oxime groups is 1. The number of hydrogen-bond acceptors (Lipinski definition) is 6. The van der Waals surface area contributed by atoms with Crippen molar-refractivity contribution in [2.24, 2.45) is 5.16 Å². The van der Waals surface area contributed by atoms with Crippen LogP contribution in [0.2, 0.25) is 0 Å². The van der Waals surface area contributed by atoms with Crippen LogP contribution in [0.15, 0.2) is 47.8 Å². The number of ether oxygens (including phenoxy) is 3. The molecule has 6 nitrogen and oxygen atoms in total. The zero-order valence-corrected chi connectivity index (χ0v) is 16.3. The minimum Gasteiger partial charge on any atom is -0.490 e. The van der Waals surface area contributed by atoms with Crippen LogP contribution >= 0.6 is 0 Å². The van der Waals surface area contributed by atoms with Crippen molar-refractivity contribution in [3.05, 3.63) is 59.4 Å². The molecule has 0 bridgehead atoms. The topological polar surface area (TPSA) is 62.2 Å². The fourth-order valence-corrected chi connectivity index (χ4v) is 2.43. The molecule has 0 saturated heterocycles. The molecule has 0 aliphatic carbocycles. The van der Waals surface area contributed by atoms with Crippen LogP contribution < -0.4 is 14.2 Å². The van der Waals surface area contributed by atoms with Gasteiger partial charge in [-0.2, -0.15) is 0 Å². The summed E-state index contributed by atoms with van der Waals surface area (Å²) in [5.74, 6) is 2.38. The highest BCUT2D eigenvalue weighted by Crippen LogP contribution is 2.28. The van der Waals surface area contributed by atoms with Crippen molar-refractivity contribution in [1.29, 1.82) is 0 Å². The van der Waals surface area contributed by atoms with Gasteiger partial charge in [0.2, 0.25) is 0 Å². The van der Waals surface area contributed by atoms with E-state index < -0.39 is 0 Å². The van der Waals surface area contributed by atoms with Gasteiger partial charge in [0.15, 0.2) is 0 Å². The van der Waals surface area contributed by atoms with Gasteiger partial charge in [-0.3, -0.25) is 4.98 Å². The fraction of sp³-hybridized carbons (Fsp3) is 0.333. The summed E-state index contributed by atoms with van der Waals surface area (Å²) in [6.45, 7) is 7.41.